The number of carbonyl (C=O) groups is 1. The molecular weight excluding hydrogens is 471 g/mol. The number of nitrogens with one attached hydrogen (secondary N) is 2. The number of halogens is 5. The fourth-order valence-corrected chi connectivity index (χ4v) is 4.48. The summed E-state index contributed by atoms with van der Waals surface area (Å²) in [7, 11) is 1.71. The zero-order valence-electron chi connectivity index (χ0n) is 19.1. The van der Waals surface area contributed by atoms with E-state index in [-0.39, 0.29) is 12.5 Å². The highest BCUT2D eigenvalue weighted by atomic mass is 19.4. The number of likely N-dealkylation sites (tertiary alicyclic amines) is 1. The van der Waals surface area contributed by atoms with Crippen LogP contribution in [0.25, 0.3) is 0 Å². The predicted octanol–water partition coefficient (Wildman–Crippen LogP) is 3.85. The third-order valence-corrected chi connectivity index (χ3v) is 6.15. The summed E-state index contributed by atoms with van der Waals surface area (Å²) in [6.45, 7) is 0.856. The highest BCUT2D eigenvalue weighted by Crippen LogP contribution is 2.37. The number of aromatic nitrogens is 2. The van der Waals surface area contributed by atoms with Crippen LogP contribution in [0.2, 0.25) is 0 Å². The van der Waals surface area contributed by atoms with Crippen LogP contribution in [-0.2, 0) is 11.0 Å². The molecule has 2 N–H and O–H groups in total. The summed E-state index contributed by atoms with van der Waals surface area (Å²) >= 11 is 0. The monoisotopic (exact) mass is 496 g/mol. The Morgan fingerprint density at radius 1 is 1.20 bits per heavy atom. The minimum absolute atomic E-state index is 0.000896. The van der Waals surface area contributed by atoms with Crippen molar-refractivity contribution < 1.29 is 26.7 Å². The van der Waals surface area contributed by atoms with Crippen molar-refractivity contribution in [2.45, 2.75) is 37.5 Å². The molecule has 7 nitrogen and oxygen atoms in total. The van der Waals surface area contributed by atoms with Crippen molar-refractivity contribution in [3.8, 4) is 0 Å². The lowest BCUT2D eigenvalue weighted by Gasteiger charge is -2.44. The highest BCUT2D eigenvalue weighted by molar-refractivity contribution is 5.95. The molecule has 3 heterocycles. The van der Waals surface area contributed by atoms with Gasteiger partial charge in [-0.2, -0.15) is 13.2 Å². The van der Waals surface area contributed by atoms with Crippen LogP contribution in [0.3, 0.4) is 0 Å². The zero-order valence-corrected chi connectivity index (χ0v) is 19.1. The SMILES string of the molecule is C[C@@H]1CC(F)(F)CN(C(=O)C2=CN(C)NC2c2ccccc2)C1CNc1ncc(C(F)(F)F)cn1. The molecule has 1 saturated heterocycles. The summed E-state index contributed by atoms with van der Waals surface area (Å²) < 4.78 is 67.4. The summed E-state index contributed by atoms with van der Waals surface area (Å²) in [5, 5.41) is 4.41. The van der Waals surface area contributed by atoms with E-state index in [1.165, 1.54) is 0 Å². The molecule has 0 radical (unpaired) electrons. The van der Waals surface area contributed by atoms with Crippen molar-refractivity contribution in [3.63, 3.8) is 0 Å². The average molecular weight is 496 g/mol. The van der Waals surface area contributed by atoms with Gasteiger partial charge in [-0.1, -0.05) is 37.3 Å². The Hall–Kier alpha value is -3.28. The smallest absolute Gasteiger partial charge is 0.352 e. The number of hydrazine groups is 1. The first-order chi connectivity index (χ1) is 16.4. The molecule has 0 aliphatic carbocycles. The van der Waals surface area contributed by atoms with Crippen LogP contribution in [0.15, 0.2) is 54.5 Å². The second-order valence-corrected chi connectivity index (χ2v) is 8.88. The fourth-order valence-electron chi connectivity index (χ4n) is 4.48. The van der Waals surface area contributed by atoms with Gasteiger partial charge in [0.25, 0.3) is 11.8 Å². The van der Waals surface area contributed by atoms with Gasteiger partial charge in [0.2, 0.25) is 5.95 Å². The number of hydrogen-bond acceptors (Lipinski definition) is 6. The van der Waals surface area contributed by atoms with Gasteiger partial charge < -0.3 is 15.2 Å². The first-order valence-electron chi connectivity index (χ1n) is 11.0. The van der Waals surface area contributed by atoms with E-state index in [0.29, 0.717) is 18.0 Å². The maximum Gasteiger partial charge on any atom is 0.419 e. The minimum atomic E-state index is -4.57. The molecule has 2 aliphatic heterocycles. The maximum absolute atomic E-state index is 14.6. The molecule has 0 saturated carbocycles. The van der Waals surface area contributed by atoms with Gasteiger partial charge in [0.1, 0.15) is 0 Å². The normalized spacial score (nSPS) is 24.3. The quantitative estimate of drug-likeness (QED) is 0.613. The number of rotatable bonds is 5. The lowest BCUT2D eigenvalue weighted by atomic mass is 9.87. The van der Waals surface area contributed by atoms with E-state index >= 15 is 0 Å². The highest BCUT2D eigenvalue weighted by Gasteiger charge is 2.47. The van der Waals surface area contributed by atoms with E-state index in [2.05, 4.69) is 20.7 Å². The number of amides is 1. The molecule has 35 heavy (non-hydrogen) atoms. The van der Waals surface area contributed by atoms with Gasteiger partial charge in [0.15, 0.2) is 0 Å². The van der Waals surface area contributed by atoms with E-state index in [0.717, 1.165) is 10.5 Å². The van der Waals surface area contributed by atoms with Crippen molar-refractivity contribution in [1.82, 2.24) is 25.3 Å². The van der Waals surface area contributed by atoms with Crippen molar-refractivity contribution in [3.05, 3.63) is 65.6 Å². The lowest BCUT2D eigenvalue weighted by molar-refractivity contribution is -0.148. The third-order valence-electron chi connectivity index (χ3n) is 6.15. The molecule has 1 aromatic carbocycles. The van der Waals surface area contributed by atoms with Crippen molar-refractivity contribution >= 4 is 11.9 Å². The summed E-state index contributed by atoms with van der Waals surface area (Å²) in [5.41, 5.74) is 3.27. The molecule has 1 amide bonds. The number of hydrogen-bond donors (Lipinski definition) is 2. The van der Waals surface area contributed by atoms with Gasteiger partial charge in [0, 0.05) is 38.6 Å². The summed E-state index contributed by atoms with van der Waals surface area (Å²) in [4.78, 5) is 22.1. The van der Waals surface area contributed by atoms with Gasteiger partial charge in [-0.25, -0.2) is 24.2 Å². The summed E-state index contributed by atoms with van der Waals surface area (Å²) in [6.07, 6.45) is -2.12. The first-order valence-corrected chi connectivity index (χ1v) is 11.0. The Kier molecular flexibility index (Phi) is 6.67. The molecule has 12 heteroatoms. The van der Waals surface area contributed by atoms with Crippen LogP contribution in [0, 0.1) is 5.92 Å². The van der Waals surface area contributed by atoms with E-state index in [4.69, 9.17) is 0 Å². The van der Waals surface area contributed by atoms with Crippen LogP contribution in [-0.4, -0.2) is 57.9 Å². The van der Waals surface area contributed by atoms with E-state index in [1.807, 2.05) is 30.3 Å². The van der Waals surface area contributed by atoms with Gasteiger partial charge in [0.05, 0.1) is 29.8 Å². The predicted molar refractivity (Wildman–Crippen MR) is 118 cm³/mol. The molecule has 0 bridgehead atoms. The third kappa shape index (κ3) is 5.53. The summed E-state index contributed by atoms with van der Waals surface area (Å²) in [6, 6.07) is 8.00. The number of piperidine rings is 1. The van der Waals surface area contributed by atoms with Crippen LogP contribution >= 0.6 is 0 Å². The Morgan fingerprint density at radius 2 is 1.86 bits per heavy atom. The summed E-state index contributed by atoms with van der Waals surface area (Å²) in [5.74, 6) is -4.29. The molecule has 2 unspecified atom stereocenters. The number of benzene rings is 1. The fraction of sp³-hybridized carbons (Fsp3) is 0.435. The van der Waals surface area contributed by atoms with Crippen LogP contribution in [0.1, 0.15) is 30.5 Å². The minimum Gasteiger partial charge on any atom is -0.352 e. The van der Waals surface area contributed by atoms with Gasteiger partial charge in [-0.3, -0.25) is 4.79 Å². The molecule has 188 valence electrons. The molecule has 2 aliphatic rings. The average Bonchev–Trinajstić information content (AvgIpc) is 3.19. The molecule has 2 aromatic rings. The Morgan fingerprint density at radius 3 is 2.49 bits per heavy atom. The van der Waals surface area contributed by atoms with Crippen molar-refractivity contribution in [2.24, 2.45) is 5.92 Å². The Labute approximate surface area is 199 Å². The first kappa shape index (κ1) is 24.8. The zero-order chi connectivity index (χ0) is 25.4. The van der Waals surface area contributed by atoms with Gasteiger partial charge in [-0.15, -0.1) is 0 Å². The second-order valence-electron chi connectivity index (χ2n) is 8.88. The van der Waals surface area contributed by atoms with E-state index < -0.39 is 54.5 Å². The lowest BCUT2D eigenvalue weighted by Crippen LogP contribution is -2.58. The number of nitrogens with zero attached hydrogens (tertiary/aromatic N) is 4. The largest absolute Gasteiger partial charge is 0.419 e. The standard InChI is InChI=1S/C23H25F5N6O/c1-14-8-22(24,25)13-34(18(14)11-31-21-29-9-16(10-30-21)23(26,27)28)20(35)17-12-33(2)32-19(17)15-6-4-3-5-7-15/h3-7,9-10,12,14,18-19,32H,8,11,13H2,1-2H3,(H,29,30,31)/t14-,18?,19?/m1/s1. The number of alkyl halides is 5. The molecule has 0 spiro atoms. The molecule has 1 aromatic heterocycles. The topological polar surface area (TPSA) is 73.4 Å². The van der Waals surface area contributed by atoms with Gasteiger partial charge in [-0.05, 0) is 11.5 Å². The molecular formula is C23H25F5N6O. The number of anilines is 1. The van der Waals surface area contributed by atoms with Crippen LogP contribution in [0.4, 0.5) is 27.9 Å². The number of carbonyl (C=O) groups excluding carboxylic acids is 1. The molecule has 3 atom stereocenters. The van der Waals surface area contributed by atoms with Crippen LogP contribution < -0.4 is 10.7 Å². The van der Waals surface area contributed by atoms with E-state index in [1.54, 1.807) is 25.2 Å². The van der Waals surface area contributed by atoms with Gasteiger partial charge >= 0.3 is 6.18 Å². The Balaban J connectivity index is 1.55. The maximum atomic E-state index is 14.6. The van der Waals surface area contributed by atoms with E-state index in [9.17, 15) is 26.7 Å². The van der Waals surface area contributed by atoms with Crippen molar-refractivity contribution in [2.75, 3.05) is 25.5 Å². The van der Waals surface area contributed by atoms with Crippen LogP contribution in [0.5, 0.6) is 0 Å². The van der Waals surface area contributed by atoms with Crippen molar-refractivity contribution in [1.29, 1.82) is 0 Å². The second kappa shape index (κ2) is 9.40. The molecule has 1 fully saturated rings. The Bertz CT molecular complexity index is 1080. The molecule has 4 rings (SSSR count).